The SMILES string of the molecule is COc1cc(OC)cc(-c2nnc(NC(=O)c3cccc(NS(=O)(=O)c4ccc(F)cc4)c3)o2)c1. The van der Waals surface area contributed by atoms with Crippen LogP contribution in [-0.4, -0.2) is 38.7 Å². The maximum absolute atomic E-state index is 13.1. The molecule has 1 aromatic heterocycles. The smallest absolute Gasteiger partial charge is 0.322 e. The number of nitrogens with zero attached hydrogens (tertiary/aromatic N) is 2. The van der Waals surface area contributed by atoms with Gasteiger partial charge in [0, 0.05) is 22.9 Å². The van der Waals surface area contributed by atoms with Gasteiger partial charge < -0.3 is 13.9 Å². The first-order chi connectivity index (χ1) is 16.8. The van der Waals surface area contributed by atoms with E-state index in [-0.39, 0.29) is 28.1 Å². The highest BCUT2D eigenvalue weighted by molar-refractivity contribution is 7.92. The van der Waals surface area contributed by atoms with E-state index in [0.717, 1.165) is 24.3 Å². The number of carbonyl (C=O) groups excluding carboxylic acids is 1. The lowest BCUT2D eigenvalue weighted by Gasteiger charge is -2.09. The monoisotopic (exact) mass is 498 g/mol. The van der Waals surface area contributed by atoms with Gasteiger partial charge in [0.1, 0.15) is 17.3 Å². The number of carbonyl (C=O) groups is 1. The molecule has 0 aliphatic rings. The third kappa shape index (κ3) is 5.55. The molecular weight excluding hydrogens is 479 g/mol. The van der Waals surface area contributed by atoms with Gasteiger partial charge in [0.15, 0.2) is 0 Å². The number of hydrogen-bond donors (Lipinski definition) is 2. The van der Waals surface area contributed by atoms with E-state index in [9.17, 15) is 17.6 Å². The summed E-state index contributed by atoms with van der Waals surface area (Å²) in [5, 5.41) is 10.2. The van der Waals surface area contributed by atoms with E-state index < -0.39 is 21.7 Å². The van der Waals surface area contributed by atoms with Crippen LogP contribution in [0.2, 0.25) is 0 Å². The summed E-state index contributed by atoms with van der Waals surface area (Å²) in [5.41, 5.74) is 0.787. The molecule has 0 fully saturated rings. The van der Waals surface area contributed by atoms with Crippen molar-refractivity contribution in [3.63, 3.8) is 0 Å². The Balaban J connectivity index is 1.49. The van der Waals surface area contributed by atoms with Gasteiger partial charge in [0.05, 0.1) is 19.1 Å². The van der Waals surface area contributed by atoms with Crippen LogP contribution >= 0.6 is 0 Å². The van der Waals surface area contributed by atoms with Crippen molar-refractivity contribution in [3.05, 3.63) is 78.1 Å². The molecule has 1 heterocycles. The molecule has 0 saturated heterocycles. The molecule has 180 valence electrons. The number of hydrogen-bond acceptors (Lipinski definition) is 8. The van der Waals surface area contributed by atoms with Crippen molar-refractivity contribution in [1.82, 2.24) is 10.2 Å². The molecule has 0 bridgehead atoms. The first-order valence-electron chi connectivity index (χ1n) is 10.0. The van der Waals surface area contributed by atoms with Gasteiger partial charge in [-0.3, -0.25) is 14.8 Å². The molecule has 0 unspecified atom stereocenters. The highest BCUT2D eigenvalue weighted by Crippen LogP contribution is 2.29. The largest absolute Gasteiger partial charge is 0.497 e. The molecule has 2 N–H and O–H groups in total. The van der Waals surface area contributed by atoms with Crippen molar-refractivity contribution < 1.29 is 31.5 Å². The number of rotatable bonds is 8. The van der Waals surface area contributed by atoms with Crippen molar-refractivity contribution >= 4 is 27.6 Å². The highest BCUT2D eigenvalue weighted by Gasteiger charge is 2.17. The lowest BCUT2D eigenvalue weighted by molar-refractivity contribution is 0.102. The van der Waals surface area contributed by atoms with Gasteiger partial charge >= 0.3 is 6.01 Å². The van der Waals surface area contributed by atoms with E-state index in [1.54, 1.807) is 18.2 Å². The van der Waals surface area contributed by atoms with E-state index in [2.05, 4.69) is 20.2 Å². The second kappa shape index (κ2) is 9.81. The summed E-state index contributed by atoms with van der Waals surface area (Å²) in [7, 11) is -0.968. The molecule has 0 aliphatic carbocycles. The topological polar surface area (TPSA) is 133 Å². The van der Waals surface area contributed by atoms with Gasteiger partial charge in [0.25, 0.3) is 15.9 Å². The fraction of sp³-hybridized carbons (Fsp3) is 0.0870. The van der Waals surface area contributed by atoms with Gasteiger partial charge in [-0.1, -0.05) is 11.2 Å². The zero-order valence-corrected chi connectivity index (χ0v) is 19.3. The van der Waals surface area contributed by atoms with Crippen LogP contribution in [0.4, 0.5) is 16.1 Å². The number of amides is 1. The molecule has 0 spiro atoms. The molecular formula is C23H19FN4O6S. The van der Waals surface area contributed by atoms with Crippen LogP contribution in [0.25, 0.3) is 11.5 Å². The molecule has 4 aromatic rings. The minimum Gasteiger partial charge on any atom is -0.497 e. The quantitative estimate of drug-likeness (QED) is 0.373. The van der Waals surface area contributed by atoms with E-state index in [1.807, 2.05) is 0 Å². The Bertz CT molecular complexity index is 1450. The number of methoxy groups -OCH3 is 2. The third-order valence-electron chi connectivity index (χ3n) is 4.74. The molecule has 0 radical (unpaired) electrons. The fourth-order valence-corrected chi connectivity index (χ4v) is 4.09. The van der Waals surface area contributed by atoms with Gasteiger partial charge in [-0.15, -0.1) is 5.10 Å². The first kappa shape index (κ1) is 23.7. The standard InChI is InChI=1S/C23H19FN4O6S/c1-32-18-11-15(12-19(13-18)33-2)22-26-27-23(34-22)25-21(29)14-4-3-5-17(10-14)28-35(30,31)20-8-6-16(24)7-9-20/h3-13,28H,1-2H3,(H,25,27,29). The maximum atomic E-state index is 13.1. The van der Waals surface area contributed by atoms with Crippen LogP contribution in [0.5, 0.6) is 11.5 Å². The lowest BCUT2D eigenvalue weighted by Crippen LogP contribution is -2.15. The average Bonchev–Trinajstić information content (AvgIpc) is 3.32. The average molecular weight is 498 g/mol. The van der Waals surface area contributed by atoms with Gasteiger partial charge in [-0.2, -0.15) is 0 Å². The van der Waals surface area contributed by atoms with E-state index in [1.165, 1.54) is 38.5 Å². The number of aromatic nitrogens is 2. The van der Waals surface area contributed by atoms with Crippen LogP contribution in [0.1, 0.15) is 10.4 Å². The number of benzene rings is 3. The van der Waals surface area contributed by atoms with E-state index in [4.69, 9.17) is 13.9 Å². The van der Waals surface area contributed by atoms with Crippen LogP contribution in [0.15, 0.2) is 76.0 Å². The van der Waals surface area contributed by atoms with Crippen LogP contribution in [0.3, 0.4) is 0 Å². The van der Waals surface area contributed by atoms with Crippen LogP contribution in [0, 0.1) is 5.82 Å². The maximum Gasteiger partial charge on any atom is 0.322 e. The number of ether oxygens (including phenoxy) is 2. The lowest BCUT2D eigenvalue weighted by atomic mass is 10.2. The van der Waals surface area contributed by atoms with Crippen molar-refractivity contribution in [3.8, 4) is 23.0 Å². The third-order valence-corrected chi connectivity index (χ3v) is 6.14. The number of sulfonamides is 1. The zero-order valence-electron chi connectivity index (χ0n) is 18.5. The normalized spacial score (nSPS) is 11.1. The molecule has 0 saturated carbocycles. The molecule has 0 aliphatic heterocycles. The Kier molecular flexibility index (Phi) is 6.64. The molecule has 10 nitrogen and oxygen atoms in total. The molecule has 35 heavy (non-hydrogen) atoms. The molecule has 1 amide bonds. The Labute approximate surface area is 199 Å². The van der Waals surface area contributed by atoms with Crippen molar-refractivity contribution in [1.29, 1.82) is 0 Å². The molecule has 12 heteroatoms. The van der Waals surface area contributed by atoms with Crippen molar-refractivity contribution in [2.75, 3.05) is 24.3 Å². The minimum absolute atomic E-state index is 0.123. The predicted molar refractivity (Wildman–Crippen MR) is 124 cm³/mol. The first-order valence-corrected chi connectivity index (χ1v) is 11.5. The van der Waals surface area contributed by atoms with Crippen molar-refractivity contribution in [2.45, 2.75) is 4.90 Å². The summed E-state index contributed by atoms with van der Waals surface area (Å²) >= 11 is 0. The Morgan fingerprint density at radius 3 is 2.29 bits per heavy atom. The predicted octanol–water partition coefficient (Wildman–Crippen LogP) is 3.95. The number of halogens is 1. The summed E-state index contributed by atoms with van der Waals surface area (Å²) in [6, 6.07) is 15.0. The van der Waals surface area contributed by atoms with Crippen LogP contribution < -0.4 is 19.5 Å². The summed E-state index contributed by atoms with van der Waals surface area (Å²) < 4.78 is 56.5. The Morgan fingerprint density at radius 2 is 1.63 bits per heavy atom. The molecule has 3 aromatic carbocycles. The van der Waals surface area contributed by atoms with E-state index in [0.29, 0.717) is 17.1 Å². The number of anilines is 2. The summed E-state index contributed by atoms with van der Waals surface area (Å²) in [6.45, 7) is 0. The molecule has 0 atom stereocenters. The summed E-state index contributed by atoms with van der Waals surface area (Å²) in [4.78, 5) is 12.6. The van der Waals surface area contributed by atoms with Gasteiger partial charge in [-0.05, 0) is 54.6 Å². The van der Waals surface area contributed by atoms with Crippen molar-refractivity contribution in [2.24, 2.45) is 0 Å². The van der Waals surface area contributed by atoms with Gasteiger partial charge in [-0.25, -0.2) is 12.8 Å². The Hall–Kier alpha value is -4.45. The van der Waals surface area contributed by atoms with Gasteiger partial charge in [0.2, 0.25) is 5.89 Å². The Morgan fingerprint density at radius 1 is 0.943 bits per heavy atom. The summed E-state index contributed by atoms with van der Waals surface area (Å²) in [5.74, 6) is -0.00650. The minimum atomic E-state index is -3.98. The molecule has 4 rings (SSSR count). The second-order valence-electron chi connectivity index (χ2n) is 7.11. The second-order valence-corrected chi connectivity index (χ2v) is 8.79. The van der Waals surface area contributed by atoms with Crippen LogP contribution in [-0.2, 0) is 10.0 Å². The summed E-state index contributed by atoms with van der Waals surface area (Å²) in [6.07, 6.45) is 0. The zero-order chi connectivity index (χ0) is 25.0. The number of nitrogens with one attached hydrogen (secondary N) is 2. The highest BCUT2D eigenvalue weighted by atomic mass is 32.2. The fourth-order valence-electron chi connectivity index (χ4n) is 3.04. The van der Waals surface area contributed by atoms with E-state index >= 15 is 0 Å².